The number of aliphatic carboxylic acids is 1. The lowest BCUT2D eigenvalue weighted by atomic mass is 10.0. The molecule has 4 heterocycles. The highest BCUT2D eigenvalue weighted by Gasteiger charge is 2.54. The van der Waals surface area contributed by atoms with Gasteiger partial charge >= 0.3 is 5.97 Å². The Morgan fingerprint density at radius 1 is 1.52 bits per heavy atom. The Labute approximate surface area is 187 Å². The third-order valence-electron chi connectivity index (χ3n) is 4.58. The van der Waals surface area contributed by atoms with Gasteiger partial charge in [0.15, 0.2) is 5.13 Å². The summed E-state index contributed by atoms with van der Waals surface area (Å²) < 4.78 is 0. The zero-order chi connectivity index (χ0) is 22.1. The van der Waals surface area contributed by atoms with Gasteiger partial charge in [0, 0.05) is 33.6 Å². The number of H-pyrrole nitrogens is 1. The van der Waals surface area contributed by atoms with E-state index in [0.29, 0.717) is 16.4 Å². The molecule has 5 N–H and O–H groups in total. The molecule has 4 rings (SSSR count). The van der Waals surface area contributed by atoms with E-state index in [0.717, 1.165) is 16.9 Å². The van der Waals surface area contributed by atoms with Gasteiger partial charge in [0.05, 0.1) is 11.9 Å². The van der Waals surface area contributed by atoms with Crippen LogP contribution in [0.3, 0.4) is 0 Å². The number of nitrogen functional groups attached to an aromatic ring is 1. The smallest absolute Gasteiger partial charge is 0.353 e. The summed E-state index contributed by atoms with van der Waals surface area (Å²) in [6.07, 6.45) is 3.35. The van der Waals surface area contributed by atoms with E-state index in [1.54, 1.807) is 12.4 Å². The fourth-order valence-corrected chi connectivity index (χ4v) is 6.26. The molecule has 2 amide bonds. The SMILES string of the molecule is Nc1nc(C(N=O)C(=O)NC2C(=O)N3C(C(=O)O)=C(SCc4cn[nH]c4)CSC23)cs1. The zero-order valence-corrected chi connectivity index (χ0v) is 18.0. The van der Waals surface area contributed by atoms with E-state index in [-0.39, 0.29) is 16.5 Å². The molecule has 15 heteroatoms. The number of carboxylic acids is 1. The Bertz CT molecular complexity index is 1070. The minimum atomic E-state index is -1.44. The molecule has 0 aliphatic carbocycles. The minimum Gasteiger partial charge on any atom is -0.477 e. The number of nitrogens with one attached hydrogen (secondary N) is 2. The van der Waals surface area contributed by atoms with Gasteiger partial charge in [-0.3, -0.25) is 19.6 Å². The van der Waals surface area contributed by atoms with Crippen LogP contribution in [0.4, 0.5) is 5.13 Å². The van der Waals surface area contributed by atoms with Crippen molar-refractivity contribution in [3.63, 3.8) is 0 Å². The number of hydrogen-bond acceptors (Lipinski definition) is 11. The van der Waals surface area contributed by atoms with Gasteiger partial charge in [-0.25, -0.2) is 9.78 Å². The molecule has 31 heavy (non-hydrogen) atoms. The van der Waals surface area contributed by atoms with Crippen LogP contribution in [0.25, 0.3) is 0 Å². The number of rotatable bonds is 8. The maximum Gasteiger partial charge on any atom is 0.353 e. The van der Waals surface area contributed by atoms with E-state index in [2.05, 4.69) is 25.7 Å². The van der Waals surface area contributed by atoms with Crippen molar-refractivity contribution in [2.75, 3.05) is 11.5 Å². The third-order valence-corrected chi connectivity index (χ3v) is 7.89. The summed E-state index contributed by atoms with van der Waals surface area (Å²) in [6.45, 7) is 0. The highest BCUT2D eigenvalue weighted by molar-refractivity contribution is 8.05. The Balaban J connectivity index is 1.47. The predicted octanol–water partition coefficient (Wildman–Crippen LogP) is 0.885. The molecule has 2 aromatic rings. The Hall–Kier alpha value is -2.91. The number of thiazole rings is 1. The topological polar surface area (TPSA) is 184 Å². The van der Waals surface area contributed by atoms with Crippen LogP contribution in [-0.2, 0) is 20.1 Å². The number of nitrogens with zero attached hydrogens (tertiary/aromatic N) is 4. The van der Waals surface area contributed by atoms with E-state index in [1.807, 2.05) is 0 Å². The van der Waals surface area contributed by atoms with Crippen molar-refractivity contribution < 1.29 is 19.5 Å². The lowest BCUT2D eigenvalue weighted by molar-refractivity contribution is -0.150. The molecule has 1 fully saturated rings. The molecule has 0 radical (unpaired) electrons. The average molecular weight is 482 g/mol. The molecule has 2 aliphatic heterocycles. The number of anilines is 1. The number of thioether (sulfide) groups is 2. The first kappa shape index (κ1) is 21.3. The van der Waals surface area contributed by atoms with Crippen LogP contribution in [0, 0.1) is 4.91 Å². The summed E-state index contributed by atoms with van der Waals surface area (Å²) in [6, 6.07) is -2.41. The molecule has 2 aliphatic rings. The van der Waals surface area contributed by atoms with Crippen molar-refractivity contribution in [3.8, 4) is 0 Å². The van der Waals surface area contributed by atoms with Crippen molar-refractivity contribution in [1.82, 2.24) is 25.4 Å². The summed E-state index contributed by atoms with van der Waals surface area (Å²) in [4.78, 5) is 53.9. The van der Waals surface area contributed by atoms with Gasteiger partial charge in [-0.05, 0) is 5.18 Å². The number of carbonyl (C=O) groups is 3. The van der Waals surface area contributed by atoms with Crippen molar-refractivity contribution in [3.05, 3.63) is 44.5 Å². The van der Waals surface area contributed by atoms with Gasteiger partial charge in [0.25, 0.3) is 11.8 Å². The molecule has 1 saturated heterocycles. The van der Waals surface area contributed by atoms with Gasteiger partial charge < -0.3 is 16.2 Å². The molecule has 2 aromatic heterocycles. The van der Waals surface area contributed by atoms with Crippen LogP contribution >= 0.6 is 34.9 Å². The first-order valence-corrected chi connectivity index (χ1v) is 11.7. The predicted molar refractivity (Wildman–Crippen MR) is 115 cm³/mol. The van der Waals surface area contributed by atoms with Crippen molar-refractivity contribution in [2.24, 2.45) is 5.18 Å². The van der Waals surface area contributed by atoms with Crippen molar-refractivity contribution in [2.45, 2.75) is 23.2 Å². The van der Waals surface area contributed by atoms with Gasteiger partial charge in [-0.1, -0.05) is 0 Å². The fourth-order valence-electron chi connectivity index (χ4n) is 3.12. The molecular formula is C16H15N7O5S3. The van der Waals surface area contributed by atoms with Gasteiger partial charge in [-0.2, -0.15) is 5.10 Å². The van der Waals surface area contributed by atoms with Crippen LogP contribution in [-0.4, -0.2) is 60.1 Å². The molecular weight excluding hydrogens is 466 g/mol. The molecule has 12 nitrogen and oxygen atoms in total. The molecule has 162 valence electrons. The number of aromatic amines is 1. The summed E-state index contributed by atoms with van der Waals surface area (Å²) >= 11 is 3.71. The summed E-state index contributed by atoms with van der Waals surface area (Å²) in [5, 5.41) is 22.6. The highest BCUT2D eigenvalue weighted by atomic mass is 32.2. The number of amides is 2. The van der Waals surface area contributed by atoms with Crippen LogP contribution in [0.5, 0.6) is 0 Å². The van der Waals surface area contributed by atoms with E-state index in [1.165, 1.54) is 33.8 Å². The summed E-state index contributed by atoms with van der Waals surface area (Å²) in [7, 11) is 0. The number of nitrogens with two attached hydrogens (primary N) is 1. The second-order valence-electron chi connectivity index (χ2n) is 6.49. The van der Waals surface area contributed by atoms with Crippen LogP contribution in [0.2, 0.25) is 0 Å². The number of nitroso groups, excluding NO2 is 1. The van der Waals surface area contributed by atoms with Gasteiger partial charge in [0.1, 0.15) is 17.1 Å². The molecule has 3 atom stereocenters. The third kappa shape index (κ3) is 4.03. The number of aromatic nitrogens is 3. The molecule has 0 aromatic carbocycles. The lowest BCUT2D eigenvalue weighted by Gasteiger charge is -2.49. The normalized spacial score (nSPS) is 21.3. The largest absolute Gasteiger partial charge is 0.477 e. The van der Waals surface area contributed by atoms with Gasteiger partial charge in [0.2, 0.25) is 6.04 Å². The quantitative estimate of drug-likeness (QED) is 0.312. The molecule has 3 unspecified atom stereocenters. The Morgan fingerprint density at radius 2 is 2.32 bits per heavy atom. The molecule has 0 spiro atoms. The highest BCUT2D eigenvalue weighted by Crippen LogP contribution is 2.44. The summed E-state index contributed by atoms with van der Waals surface area (Å²) in [5.74, 6) is -1.71. The maximum atomic E-state index is 12.7. The van der Waals surface area contributed by atoms with E-state index < -0.39 is 35.2 Å². The average Bonchev–Trinajstić information content (AvgIpc) is 3.42. The lowest BCUT2D eigenvalue weighted by Crippen LogP contribution is -2.70. The van der Waals surface area contributed by atoms with Crippen LogP contribution in [0.1, 0.15) is 17.3 Å². The Kier molecular flexibility index (Phi) is 5.97. The first-order valence-electron chi connectivity index (χ1n) is 8.76. The van der Waals surface area contributed by atoms with Gasteiger partial charge in [-0.15, -0.1) is 39.8 Å². The number of carbonyl (C=O) groups excluding carboxylic acids is 2. The van der Waals surface area contributed by atoms with E-state index in [4.69, 9.17) is 5.73 Å². The Morgan fingerprint density at radius 3 is 2.94 bits per heavy atom. The van der Waals surface area contributed by atoms with Crippen LogP contribution < -0.4 is 11.1 Å². The maximum absolute atomic E-state index is 12.7. The fraction of sp³-hybridized carbons (Fsp3) is 0.312. The number of hydrogen-bond donors (Lipinski definition) is 4. The number of carboxylic acid groups (broad SMARTS) is 1. The second kappa shape index (κ2) is 8.68. The van der Waals surface area contributed by atoms with E-state index >= 15 is 0 Å². The van der Waals surface area contributed by atoms with Crippen molar-refractivity contribution in [1.29, 1.82) is 0 Å². The molecule has 0 saturated carbocycles. The molecule has 0 bridgehead atoms. The monoisotopic (exact) mass is 481 g/mol. The number of fused-ring (bicyclic) bond motifs is 1. The van der Waals surface area contributed by atoms with E-state index in [9.17, 15) is 24.4 Å². The second-order valence-corrected chi connectivity index (χ2v) is 9.55. The number of β-lactam (4-membered cyclic amide) rings is 1. The van der Waals surface area contributed by atoms with Crippen LogP contribution in [0.15, 0.2) is 33.6 Å². The summed E-state index contributed by atoms with van der Waals surface area (Å²) in [5.41, 5.74) is 6.43. The standard InChI is InChI=1S/C16H15N7O5S3/c17-16-20-7(4-31-16)9(22-28)12(24)21-10-13(25)23-11(15(26)27)8(5-30-14(10)23)29-3-6-1-18-19-2-6/h1-2,4,9-10,14H,3,5H2,(H2,17,20)(H,18,19)(H,21,24)(H,26,27). The zero-order valence-electron chi connectivity index (χ0n) is 15.5. The van der Waals surface area contributed by atoms with Crippen molar-refractivity contribution >= 4 is 57.8 Å². The first-order chi connectivity index (χ1) is 14.9. The minimum absolute atomic E-state index is 0.0925.